The van der Waals surface area contributed by atoms with Gasteiger partial charge in [0.15, 0.2) is 0 Å². The summed E-state index contributed by atoms with van der Waals surface area (Å²) in [4.78, 5) is 10.4. The van der Waals surface area contributed by atoms with E-state index < -0.39 is 0 Å². The summed E-state index contributed by atoms with van der Waals surface area (Å²) >= 11 is 3.61. The first-order valence-corrected chi connectivity index (χ1v) is 8.83. The zero-order valence-electron chi connectivity index (χ0n) is 11.8. The number of anilines is 1. The molecule has 3 nitrogen and oxygen atoms in total. The minimum atomic E-state index is 0.767. The number of fused-ring (bicyclic) bond motifs is 1. The summed E-state index contributed by atoms with van der Waals surface area (Å²) in [7, 11) is 0. The lowest BCUT2D eigenvalue weighted by molar-refractivity contribution is 0.636. The first-order chi connectivity index (χ1) is 9.24. The second-order valence-corrected chi connectivity index (χ2v) is 6.61. The summed E-state index contributed by atoms with van der Waals surface area (Å²) in [6.45, 7) is 7.52. The van der Waals surface area contributed by atoms with Crippen molar-refractivity contribution >= 4 is 39.1 Å². The number of nitrogens with zero attached hydrogens (tertiary/aromatic N) is 2. The van der Waals surface area contributed by atoms with Gasteiger partial charge in [0, 0.05) is 6.54 Å². The molecule has 0 spiro atoms. The van der Waals surface area contributed by atoms with E-state index in [0.717, 1.165) is 40.1 Å². The fraction of sp³-hybridized carbons (Fsp3) is 0.571. The third-order valence-corrected chi connectivity index (χ3v) is 5.12. The molecule has 2 heterocycles. The van der Waals surface area contributed by atoms with E-state index >= 15 is 0 Å². The molecule has 1 unspecified atom stereocenters. The second-order valence-electron chi connectivity index (χ2n) is 4.69. The van der Waals surface area contributed by atoms with Crippen molar-refractivity contribution in [2.45, 2.75) is 32.9 Å². The van der Waals surface area contributed by atoms with Gasteiger partial charge in [0.25, 0.3) is 0 Å². The van der Waals surface area contributed by atoms with Gasteiger partial charge in [-0.2, -0.15) is 11.8 Å². The average Bonchev–Trinajstić information content (AvgIpc) is 2.87. The fourth-order valence-corrected chi connectivity index (χ4v) is 3.59. The van der Waals surface area contributed by atoms with E-state index in [9.17, 15) is 0 Å². The van der Waals surface area contributed by atoms with Gasteiger partial charge in [-0.1, -0.05) is 20.3 Å². The van der Waals surface area contributed by atoms with Crippen LogP contribution in [0.25, 0.3) is 10.2 Å². The van der Waals surface area contributed by atoms with Gasteiger partial charge in [0.05, 0.1) is 11.1 Å². The standard InChI is InChI=1S/C14H21N3S2/c1-4-10(3)8-18-9-12-16-13(15-5-2)11-6-7-19-14(11)17-12/h6-7,10H,4-5,8-9H2,1-3H3,(H,15,16,17). The van der Waals surface area contributed by atoms with Gasteiger partial charge in [-0.15, -0.1) is 11.3 Å². The Morgan fingerprint density at radius 1 is 1.37 bits per heavy atom. The highest BCUT2D eigenvalue weighted by Crippen LogP contribution is 2.26. The van der Waals surface area contributed by atoms with Gasteiger partial charge in [0.1, 0.15) is 16.5 Å². The SMILES string of the molecule is CCNc1nc(CSCC(C)CC)nc2sccc12. The predicted molar refractivity (Wildman–Crippen MR) is 87.2 cm³/mol. The summed E-state index contributed by atoms with van der Waals surface area (Å²) in [5, 5.41) is 6.55. The van der Waals surface area contributed by atoms with E-state index in [1.54, 1.807) is 11.3 Å². The molecule has 0 radical (unpaired) electrons. The quantitative estimate of drug-likeness (QED) is 0.821. The summed E-state index contributed by atoms with van der Waals surface area (Å²) < 4.78 is 0. The normalized spacial score (nSPS) is 12.8. The molecular weight excluding hydrogens is 274 g/mol. The molecule has 2 aromatic rings. The van der Waals surface area contributed by atoms with Crippen molar-refractivity contribution in [1.29, 1.82) is 0 Å². The first kappa shape index (κ1) is 14.6. The van der Waals surface area contributed by atoms with E-state index in [-0.39, 0.29) is 0 Å². The van der Waals surface area contributed by atoms with Crippen LogP contribution >= 0.6 is 23.1 Å². The Morgan fingerprint density at radius 3 is 2.95 bits per heavy atom. The van der Waals surface area contributed by atoms with Crippen LogP contribution in [0, 0.1) is 5.92 Å². The van der Waals surface area contributed by atoms with Crippen molar-refractivity contribution in [2.75, 3.05) is 17.6 Å². The predicted octanol–water partition coefficient (Wildman–Crippen LogP) is 4.40. The number of thioether (sulfide) groups is 1. The Labute approximate surface area is 123 Å². The highest BCUT2D eigenvalue weighted by molar-refractivity contribution is 7.98. The van der Waals surface area contributed by atoms with E-state index in [1.165, 1.54) is 12.2 Å². The van der Waals surface area contributed by atoms with Crippen LogP contribution in [0.1, 0.15) is 33.0 Å². The van der Waals surface area contributed by atoms with Gasteiger partial charge < -0.3 is 5.32 Å². The van der Waals surface area contributed by atoms with Crippen molar-refractivity contribution in [1.82, 2.24) is 9.97 Å². The largest absolute Gasteiger partial charge is 0.370 e. The lowest BCUT2D eigenvalue weighted by Crippen LogP contribution is -2.04. The van der Waals surface area contributed by atoms with E-state index in [2.05, 4.69) is 47.5 Å². The molecule has 5 heteroatoms. The maximum absolute atomic E-state index is 4.65. The number of rotatable bonds is 7. The molecule has 19 heavy (non-hydrogen) atoms. The number of hydrogen-bond acceptors (Lipinski definition) is 5. The summed E-state index contributed by atoms with van der Waals surface area (Å²) in [5.74, 6) is 4.77. The Morgan fingerprint density at radius 2 is 2.21 bits per heavy atom. The molecule has 0 fully saturated rings. The Bertz CT molecular complexity index is 524. The van der Waals surface area contributed by atoms with Crippen LogP contribution in [0.4, 0.5) is 5.82 Å². The average molecular weight is 295 g/mol. The zero-order valence-corrected chi connectivity index (χ0v) is 13.4. The molecule has 0 aliphatic carbocycles. The van der Waals surface area contributed by atoms with E-state index in [1.807, 2.05) is 11.8 Å². The van der Waals surface area contributed by atoms with Crippen molar-refractivity contribution in [3.63, 3.8) is 0 Å². The molecule has 0 bridgehead atoms. The first-order valence-electron chi connectivity index (χ1n) is 6.80. The van der Waals surface area contributed by atoms with Crippen molar-refractivity contribution in [3.8, 4) is 0 Å². The Hall–Kier alpha value is -0.810. The van der Waals surface area contributed by atoms with Gasteiger partial charge in [-0.05, 0) is 30.0 Å². The second kappa shape index (κ2) is 7.10. The lowest BCUT2D eigenvalue weighted by Gasteiger charge is -2.09. The smallest absolute Gasteiger partial charge is 0.142 e. The third kappa shape index (κ3) is 3.83. The number of aromatic nitrogens is 2. The van der Waals surface area contributed by atoms with Gasteiger partial charge in [0.2, 0.25) is 0 Å². The van der Waals surface area contributed by atoms with Crippen LogP contribution in [0.5, 0.6) is 0 Å². The monoisotopic (exact) mass is 295 g/mol. The summed E-state index contributed by atoms with van der Waals surface area (Å²) in [5.41, 5.74) is 0. The Kier molecular flexibility index (Phi) is 5.45. The molecule has 1 N–H and O–H groups in total. The third-order valence-electron chi connectivity index (χ3n) is 3.05. The van der Waals surface area contributed by atoms with Crippen LogP contribution in [0.3, 0.4) is 0 Å². The molecule has 0 saturated carbocycles. The molecule has 0 aliphatic heterocycles. The van der Waals surface area contributed by atoms with Gasteiger partial charge >= 0.3 is 0 Å². The fourth-order valence-electron chi connectivity index (χ4n) is 1.74. The van der Waals surface area contributed by atoms with E-state index in [0.29, 0.717) is 0 Å². The maximum Gasteiger partial charge on any atom is 0.142 e. The van der Waals surface area contributed by atoms with Crippen molar-refractivity contribution in [2.24, 2.45) is 5.92 Å². The Balaban J connectivity index is 2.10. The van der Waals surface area contributed by atoms with Crippen LogP contribution in [-0.2, 0) is 5.75 Å². The van der Waals surface area contributed by atoms with Gasteiger partial charge in [-0.25, -0.2) is 9.97 Å². The lowest BCUT2D eigenvalue weighted by atomic mass is 10.2. The number of hydrogen-bond donors (Lipinski definition) is 1. The molecule has 2 rings (SSSR count). The molecule has 0 aliphatic rings. The van der Waals surface area contributed by atoms with Crippen LogP contribution in [-0.4, -0.2) is 22.3 Å². The molecule has 104 valence electrons. The maximum atomic E-state index is 4.65. The van der Waals surface area contributed by atoms with Gasteiger partial charge in [-0.3, -0.25) is 0 Å². The van der Waals surface area contributed by atoms with Crippen molar-refractivity contribution in [3.05, 3.63) is 17.3 Å². The summed E-state index contributed by atoms with van der Waals surface area (Å²) in [6.07, 6.45) is 1.24. The number of thiophene rings is 1. The minimum Gasteiger partial charge on any atom is -0.370 e. The molecule has 1 atom stereocenters. The molecule has 0 amide bonds. The number of nitrogens with one attached hydrogen (secondary N) is 1. The minimum absolute atomic E-state index is 0.767. The molecule has 2 aromatic heterocycles. The summed E-state index contributed by atoms with van der Waals surface area (Å²) in [6, 6.07) is 2.09. The van der Waals surface area contributed by atoms with E-state index in [4.69, 9.17) is 0 Å². The van der Waals surface area contributed by atoms with Crippen LogP contribution in [0.2, 0.25) is 0 Å². The topological polar surface area (TPSA) is 37.8 Å². The van der Waals surface area contributed by atoms with Crippen LogP contribution in [0.15, 0.2) is 11.4 Å². The van der Waals surface area contributed by atoms with Crippen LogP contribution < -0.4 is 5.32 Å². The zero-order chi connectivity index (χ0) is 13.7. The van der Waals surface area contributed by atoms with Crippen molar-refractivity contribution < 1.29 is 0 Å². The molecule has 0 saturated heterocycles. The highest BCUT2D eigenvalue weighted by Gasteiger charge is 2.09. The highest BCUT2D eigenvalue weighted by atomic mass is 32.2. The molecule has 0 aromatic carbocycles. The molecular formula is C14H21N3S2.